The van der Waals surface area contributed by atoms with Crippen molar-refractivity contribution in [2.45, 2.75) is 38.7 Å². The van der Waals surface area contributed by atoms with Gasteiger partial charge < -0.3 is 9.84 Å². The van der Waals surface area contributed by atoms with Crippen molar-refractivity contribution in [2.24, 2.45) is 0 Å². The van der Waals surface area contributed by atoms with Crippen molar-refractivity contribution in [3.63, 3.8) is 0 Å². The molecule has 0 saturated carbocycles. The smallest absolute Gasteiger partial charge is 0.0773 e. The first kappa shape index (κ1) is 13.2. The maximum atomic E-state index is 9.63. The zero-order valence-electron chi connectivity index (χ0n) is 10.1. The molecule has 1 rings (SSSR count). The van der Waals surface area contributed by atoms with E-state index in [0.29, 0.717) is 6.61 Å². The Balaban J connectivity index is 2.06. The third-order valence-electron chi connectivity index (χ3n) is 2.50. The normalized spacial score (nSPS) is 12.6. The zero-order chi connectivity index (χ0) is 11.6. The maximum absolute atomic E-state index is 9.63. The van der Waals surface area contributed by atoms with Crippen LogP contribution in [0.1, 0.15) is 31.7 Å². The molecular formula is C14H22O2. The molecule has 1 unspecified atom stereocenters. The number of hydrogen-bond acceptors (Lipinski definition) is 2. The van der Waals surface area contributed by atoms with E-state index in [1.165, 1.54) is 5.56 Å². The summed E-state index contributed by atoms with van der Waals surface area (Å²) in [6, 6.07) is 10.4. The van der Waals surface area contributed by atoms with Gasteiger partial charge >= 0.3 is 0 Å². The van der Waals surface area contributed by atoms with Crippen LogP contribution in [0.3, 0.4) is 0 Å². The van der Waals surface area contributed by atoms with Crippen molar-refractivity contribution in [3.8, 4) is 0 Å². The molecule has 0 aliphatic rings. The van der Waals surface area contributed by atoms with Crippen LogP contribution in [0.25, 0.3) is 0 Å². The second kappa shape index (κ2) is 8.31. The van der Waals surface area contributed by atoms with Crippen molar-refractivity contribution < 1.29 is 9.84 Å². The number of aryl methyl sites for hydroxylation is 1. The lowest BCUT2D eigenvalue weighted by molar-refractivity contribution is 0.0319. The quantitative estimate of drug-likeness (QED) is 0.685. The molecule has 0 saturated heterocycles. The molecule has 0 heterocycles. The van der Waals surface area contributed by atoms with Gasteiger partial charge in [0.1, 0.15) is 0 Å². The molecule has 90 valence electrons. The van der Waals surface area contributed by atoms with E-state index in [1.54, 1.807) is 0 Å². The van der Waals surface area contributed by atoms with Crippen molar-refractivity contribution in [1.29, 1.82) is 0 Å². The molecule has 1 atom stereocenters. The summed E-state index contributed by atoms with van der Waals surface area (Å²) in [5.74, 6) is 0. The van der Waals surface area contributed by atoms with Crippen LogP contribution < -0.4 is 0 Å². The van der Waals surface area contributed by atoms with Gasteiger partial charge in [-0.1, -0.05) is 37.3 Å². The molecule has 0 radical (unpaired) electrons. The fourth-order valence-electron chi connectivity index (χ4n) is 1.63. The minimum atomic E-state index is -0.310. The monoisotopic (exact) mass is 222 g/mol. The van der Waals surface area contributed by atoms with E-state index in [2.05, 4.69) is 31.2 Å². The summed E-state index contributed by atoms with van der Waals surface area (Å²) in [6.07, 6.45) is 3.57. The van der Waals surface area contributed by atoms with E-state index in [0.717, 1.165) is 32.3 Å². The Morgan fingerprint density at radius 3 is 2.69 bits per heavy atom. The number of aliphatic hydroxyl groups excluding tert-OH is 1. The molecule has 1 aromatic carbocycles. The second-order valence-corrected chi connectivity index (χ2v) is 4.11. The average molecular weight is 222 g/mol. The first-order valence-electron chi connectivity index (χ1n) is 6.12. The van der Waals surface area contributed by atoms with E-state index in [4.69, 9.17) is 4.74 Å². The molecule has 0 aliphatic carbocycles. The van der Waals surface area contributed by atoms with Crippen molar-refractivity contribution in [1.82, 2.24) is 0 Å². The second-order valence-electron chi connectivity index (χ2n) is 4.11. The lowest BCUT2D eigenvalue weighted by atomic mass is 10.1. The highest BCUT2D eigenvalue weighted by molar-refractivity contribution is 5.14. The highest BCUT2D eigenvalue weighted by atomic mass is 16.5. The molecule has 0 aromatic heterocycles. The van der Waals surface area contributed by atoms with Crippen LogP contribution in [-0.2, 0) is 11.2 Å². The fourth-order valence-corrected chi connectivity index (χ4v) is 1.63. The van der Waals surface area contributed by atoms with Gasteiger partial charge in [0.15, 0.2) is 0 Å². The Labute approximate surface area is 98.3 Å². The predicted octanol–water partition coefficient (Wildman–Crippen LogP) is 2.80. The van der Waals surface area contributed by atoms with Crippen LogP contribution >= 0.6 is 0 Å². The first-order chi connectivity index (χ1) is 7.83. The van der Waals surface area contributed by atoms with E-state index in [-0.39, 0.29) is 6.10 Å². The predicted molar refractivity (Wildman–Crippen MR) is 66.5 cm³/mol. The van der Waals surface area contributed by atoms with E-state index >= 15 is 0 Å². The molecular weight excluding hydrogens is 200 g/mol. The average Bonchev–Trinajstić information content (AvgIpc) is 2.31. The van der Waals surface area contributed by atoms with Crippen LogP contribution in [0.5, 0.6) is 0 Å². The number of rotatable bonds is 8. The molecule has 0 fully saturated rings. The summed E-state index contributed by atoms with van der Waals surface area (Å²) in [5.41, 5.74) is 1.34. The number of benzene rings is 1. The number of ether oxygens (including phenoxy) is 1. The lowest BCUT2D eigenvalue weighted by Crippen LogP contribution is -2.15. The van der Waals surface area contributed by atoms with Gasteiger partial charge in [-0.3, -0.25) is 0 Å². The summed E-state index contributed by atoms with van der Waals surface area (Å²) < 4.78 is 5.30. The van der Waals surface area contributed by atoms with E-state index < -0.39 is 0 Å². The Bertz CT molecular complexity index is 259. The van der Waals surface area contributed by atoms with Gasteiger partial charge in [0.2, 0.25) is 0 Å². The SMILES string of the molecule is CCCOCC(O)CCCc1ccccc1. The van der Waals surface area contributed by atoms with Gasteiger partial charge in [-0.15, -0.1) is 0 Å². The van der Waals surface area contributed by atoms with Gasteiger partial charge in [0.05, 0.1) is 12.7 Å². The van der Waals surface area contributed by atoms with Crippen LogP contribution in [0.2, 0.25) is 0 Å². The minimum absolute atomic E-state index is 0.310. The highest BCUT2D eigenvalue weighted by Gasteiger charge is 2.03. The van der Waals surface area contributed by atoms with Crippen molar-refractivity contribution in [2.75, 3.05) is 13.2 Å². The molecule has 2 nitrogen and oxygen atoms in total. The Hall–Kier alpha value is -0.860. The third kappa shape index (κ3) is 5.89. The molecule has 2 heteroatoms. The molecule has 0 bridgehead atoms. The van der Waals surface area contributed by atoms with Gasteiger partial charge in [-0.25, -0.2) is 0 Å². The van der Waals surface area contributed by atoms with Crippen molar-refractivity contribution >= 4 is 0 Å². The van der Waals surface area contributed by atoms with Crippen molar-refractivity contribution in [3.05, 3.63) is 35.9 Å². The Morgan fingerprint density at radius 1 is 1.25 bits per heavy atom. The summed E-state index contributed by atoms with van der Waals surface area (Å²) in [5, 5.41) is 9.63. The van der Waals surface area contributed by atoms with Crippen LogP contribution in [-0.4, -0.2) is 24.4 Å². The minimum Gasteiger partial charge on any atom is -0.391 e. The summed E-state index contributed by atoms with van der Waals surface area (Å²) in [4.78, 5) is 0. The van der Waals surface area contributed by atoms with Crippen LogP contribution in [0.15, 0.2) is 30.3 Å². The molecule has 1 aromatic rings. The molecule has 16 heavy (non-hydrogen) atoms. The molecule has 1 N–H and O–H groups in total. The Kier molecular flexibility index (Phi) is 6.86. The highest BCUT2D eigenvalue weighted by Crippen LogP contribution is 2.06. The van der Waals surface area contributed by atoms with Gasteiger partial charge in [-0.2, -0.15) is 0 Å². The third-order valence-corrected chi connectivity index (χ3v) is 2.50. The van der Waals surface area contributed by atoms with E-state index in [9.17, 15) is 5.11 Å². The largest absolute Gasteiger partial charge is 0.391 e. The van der Waals surface area contributed by atoms with Crippen LogP contribution in [0.4, 0.5) is 0 Å². The summed E-state index contributed by atoms with van der Waals surface area (Å²) >= 11 is 0. The first-order valence-corrected chi connectivity index (χ1v) is 6.12. The molecule has 0 aliphatic heterocycles. The summed E-state index contributed by atoms with van der Waals surface area (Å²) in [6.45, 7) is 3.29. The van der Waals surface area contributed by atoms with E-state index in [1.807, 2.05) is 6.07 Å². The van der Waals surface area contributed by atoms with Gasteiger partial charge in [0, 0.05) is 6.61 Å². The summed E-state index contributed by atoms with van der Waals surface area (Å²) in [7, 11) is 0. The number of aliphatic hydroxyl groups is 1. The fraction of sp³-hybridized carbons (Fsp3) is 0.571. The zero-order valence-corrected chi connectivity index (χ0v) is 10.1. The Morgan fingerprint density at radius 2 is 2.00 bits per heavy atom. The topological polar surface area (TPSA) is 29.5 Å². The maximum Gasteiger partial charge on any atom is 0.0773 e. The molecule has 0 amide bonds. The van der Waals surface area contributed by atoms with Gasteiger partial charge in [0.25, 0.3) is 0 Å². The standard InChI is InChI=1S/C14H22O2/c1-2-11-16-12-14(15)10-6-9-13-7-4-3-5-8-13/h3-5,7-8,14-15H,2,6,9-12H2,1H3. The lowest BCUT2D eigenvalue weighted by Gasteiger charge is -2.10. The number of hydrogen-bond donors (Lipinski definition) is 1. The van der Waals surface area contributed by atoms with Crippen LogP contribution in [0, 0.1) is 0 Å². The molecule has 0 spiro atoms. The van der Waals surface area contributed by atoms with Gasteiger partial charge in [-0.05, 0) is 31.2 Å².